The van der Waals surface area contributed by atoms with Crippen LogP contribution in [0.15, 0.2) is 30.5 Å². The van der Waals surface area contributed by atoms with Crippen molar-refractivity contribution in [2.45, 2.75) is 77.0 Å². The third-order valence-corrected chi connectivity index (χ3v) is 7.95. The number of methoxy groups -OCH3 is 2. The summed E-state index contributed by atoms with van der Waals surface area (Å²) in [6, 6.07) is 9.11. The van der Waals surface area contributed by atoms with E-state index < -0.39 is 0 Å². The van der Waals surface area contributed by atoms with Gasteiger partial charge in [-0.1, -0.05) is 25.1 Å². The normalized spacial score (nSPS) is 22.2. The standard InChI is InChI=1S/C28H41ClN4O3.CH4/c1-20(18-34-2)32-22-9-7-21(8-10-22)15-23-16-24(25(29)17-30-23)26-5-4-6-27(33-26)31-19-28(35-3)11-13-36-14-12-28;/h4-6,16-17,20-22,32H,7-15,18-19H2,1-3H3,(H,31,33);1H4/t20-,21?,22?;/m1./s1. The number of anilines is 1. The predicted molar refractivity (Wildman–Crippen MR) is 151 cm³/mol. The summed E-state index contributed by atoms with van der Waals surface area (Å²) in [4.78, 5) is 9.52. The molecule has 2 N–H and O–H groups in total. The van der Waals surface area contributed by atoms with Crippen molar-refractivity contribution < 1.29 is 14.2 Å². The molecule has 4 rings (SSSR count). The molecule has 0 bridgehead atoms. The first-order valence-corrected chi connectivity index (χ1v) is 13.6. The van der Waals surface area contributed by atoms with Gasteiger partial charge in [-0.25, -0.2) is 4.98 Å². The highest BCUT2D eigenvalue weighted by Gasteiger charge is 2.32. The molecular weight excluding hydrogens is 488 g/mol. The van der Waals surface area contributed by atoms with E-state index in [2.05, 4.69) is 28.6 Å². The fourth-order valence-corrected chi connectivity index (χ4v) is 5.65. The summed E-state index contributed by atoms with van der Waals surface area (Å²) in [7, 11) is 3.54. The molecule has 0 unspecified atom stereocenters. The summed E-state index contributed by atoms with van der Waals surface area (Å²) in [6.45, 7) is 5.09. The van der Waals surface area contributed by atoms with Gasteiger partial charge in [-0.05, 0) is 63.1 Å². The summed E-state index contributed by atoms with van der Waals surface area (Å²) < 4.78 is 16.6. The minimum Gasteiger partial charge on any atom is -0.383 e. The van der Waals surface area contributed by atoms with E-state index in [9.17, 15) is 0 Å². The van der Waals surface area contributed by atoms with Crippen LogP contribution in [0.3, 0.4) is 0 Å². The van der Waals surface area contributed by atoms with E-state index in [0.717, 1.165) is 61.9 Å². The Morgan fingerprint density at radius 2 is 1.92 bits per heavy atom. The maximum atomic E-state index is 6.59. The first kappa shape index (κ1) is 29.8. The average Bonchev–Trinajstić information content (AvgIpc) is 2.90. The molecular formula is C29H45ClN4O3. The van der Waals surface area contributed by atoms with E-state index >= 15 is 0 Å². The molecule has 2 aliphatic rings. The van der Waals surface area contributed by atoms with E-state index in [4.69, 9.17) is 30.8 Å². The van der Waals surface area contributed by atoms with Crippen LogP contribution >= 0.6 is 11.6 Å². The van der Waals surface area contributed by atoms with Crippen molar-refractivity contribution in [3.8, 4) is 11.3 Å². The molecule has 37 heavy (non-hydrogen) atoms. The Hall–Kier alpha value is -1.77. The summed E-state index contributed by atoms with van der Waals surface area (Å²) in [5, 5.41) is 7.80. The maximum absolute atomic E-state index is 6.59. The first-order valence-electron chi connectivity index (χ1n) is 13.2. The molecule has 1 saturated carbocycles. The first-order chi connectivity index (χ1) is 17.5. The maximum Gasteiger partial charge on any atom is 0.126 e. The molecule has 2 aromatic heterocycles. The van der Waals surface area contributed by atoms with Crippen LogP contribution in [0.5, 0.6) is 0 Å². The van der Waals surface area contributed by atoms with Gasteiger partial charge in [-0.15, -0.1) is 0 Å². The van der Waals surface area contributed by atoms with Crippen LogP contribution in [0.2, 0.25) is 5.02 Å². The smallest absolute Gasteiger partial charge is 0.126 e. The molecule has 1 atom stereocenters. The Morgan fingerprint density at radius 3 is 2.62 bits per heavy atom. The lowest BCUT2D eigenvalue weighted by atomic mass is 9.83. The summed E-state index contributed by atoms with van der Waals surface area (Å²) in [5.74, 6) is 1.46. The summed E-state index contributed by atoms with van der Waals surface area (Å²) in [6.07, 6.45) is 9.31. The van der Waals surface area contributed by atoms with Crippen molar-refractivity contribution >= 4 is 17.4 Å². The zero-order valence-electron chi connectivity index (χ0n) is 21.9. The van der Waals surface area contributed by atoms with E-state index in [1.165, 1.54) is 25.7 Å². The molecule has 0 radical (unpaired) electrons. The largest absolute Gasteiger partial charge is 0.383 e. The second kappa shape index (κ2) is 14.4. The number of pyridine rings is 2. The third kappa shape index (κ3) is 8.36. The monoisotopic (exact) mass is 532 g/mol. The van der Waals surface area contributed by atoms with Gasteiger partial charge in [0.1, 0.15) is 5.82 Å². The molecule has 1 aliphatic carbocycles. The Labute approximate surface area is 228 Å². The summed E-state index contributed by atoms with van der Waals surface area (Å²) >= 11 is 6.59. The lowest BCUT2D eigenvalue weighted by molar-refractivity contribution is -0.0807. The summed E-state index contributed by atoms with van der Waals surface area (Å²) in [5.41, 5.74) is 2.65. The average molecular weight is 533 g/mol. The number of nitrogens with zero attached hydrogens (tertiary/aromatic N) is 2. The van der Waals surface area contributed by atoms with E-state index in [-0.39, 0.29) is 13.0 Å². The lowest BCUT2D eigenvalue weighted by Crippen LogP contribution is -2.44. The van der Waals surface area contributed by atoms with E-state index in [1.807, 2.05) is 18.2 Å². The Kier molecular flexibility index (Phi) is 11.6. The Balaban J connectivity index is 0.00000380. The van der Waals surface area contributed by atoms with Crippen molar-refractivity contribution in [2.75, 3.05) is 45.9 Å². The van der Waals surface area contributed by atoms with Crippen molar-refractivity contribution in [2.24, 2.45) is 5.92 Å². The van der Waals surface area contributed by atoms with Crippen LogP contribution in [0.25, 0.3) is 11.3 Å². The lowest BCUT2D eigenvalue weighted by Gasteiger charge is -2.36. The molecule has 0 amide bonds. The van der Waals surface area contributed by atoms with Gasteiger partial charge in [0.25, 0.3) is 0 Å². The van der Waals surface area contributed by atoms with Crippen LogP contribution in [0.1, 0.15) is 58.6 Å². The number of rotatable bonds is 11. The fourth-order valence-electron chi connectivity index (χ4n) is 5.45. The molecule has 0 spiro atoms. The highest BCUT2D eigenvalue weighted by Crippen LogP contribution is 2.32. The molecule has 1 aliphatic heterocycles. The number of ether oxygens (including phenoxy) is 3. The minimum absolute atomic E-state index is 0. The van der Waals surface area contributed by atoms with Gasteiger partial charge in [0.05, 0.1) is 22.9 Å². The molecule has 3 heterocycles. The molecule has 7 nitrogen and oxygen atoms in total. The van der Waals surface area contributed by atoms with Gasteiger partial charge in [0, 0.05) is 76.4 Å². The van der Waals surface area contributed by atoms with Gasteiger partial charge in [-0.2, -0.15) is 0 Å². The van der Waals surface area contributed by atoms with Gasteiger partial charge < -0.3 is 24.8 Å². The number of hydrogen-bond acceptors (Lipinski definition) is 7. The third-order valence-electron chi connectivity index (χ3n) is 7.65. The zero-order valence-corrected chi connectivity index (χ0v) is 22.7. The highest BCUT2D eigenvalue weighted by atomic mass is 35.5. The van der Waals surface area contributed by atoms with E-state index in [1.54, 1.807) is 20.4 Å². The fraction of sp³-hybridized carbons (Fsp3) is 0.655. The molecule has 0 aromatic carbocycles. The second-order valence-corrected chi connectivity index (χ2v) is 10.8. The number of nitrogens with one attached hydrogen (secondary N) is 2. The van der Waals surface area contributed by atoms with Crippen LogP contribution in [0, 0.1) is 5.92 Å². The number of hydrogen-bond donors (Lipinski definition) is 2. The predicted octanol–water partition coefficient (Wildman–Crippen LogP) is 5.77. The van der Waals surface area contributed by atoms with Gasteiger partial charge in [-0.3, -0.25) is 4.98 Å². The second-order valence-electron chi connectivity index (χ2n) is 10.4. The van der Waals surface area contributed by atoms with Crippen LogP contribution in [-0.2, 0) is 20.6 Å². The van der Waals surface area contributed by atoms with Crippen LogP contribution in [-0.4, -0.2) is 68.2 Å². The Morgan fingerprint density at radius 1 is 1.16 bits per heavy atom. The minimum atomic E-state index is -0.215. The SMILES string of the molecule is C.COC[C@@H](C)NC1CCC(Cc2cc(-c3cccc(NCC4(OC)CCOCC4)n3)c(Cl)cn2)CC1. The van der Waals surface area contributed by atoms with Gasteiger partial charge in [0.2, 0.25) is 0 Å². The van der Waals surface area contributed by atoms with Crippen LogP contribution < -0.4 is 10.6 Å². The molecule has 2 aromatic rings. The van der Waals surface area contributed by atoms with Crippen molar-refractivity contribution in [1.82, 2.24) is 15.3 Å². The number of aromatic nitrogens is 2. The van der Waals surface area contributed by atoms with Gasteiger partial charge >= 0.3 is 0 Å². The van der Waals surface area contributed by atoms with Crippen molar-refractivity contribution in [3.63, 3.8) is 0 Å². The quantitative estimate of drug-likeness (QED) is 0.380. The molecule has 2 fully saturated rings. The number of halogens is 1. The zero-order chi connectivity index (χ0) is 25.4. The molecule has 8 heteroatoms. The topological polar surface area (TPSA) is 77.5 Å². The Bertz CT molecular complexity index is 962. The van der Waals surface area contributed by atoms with Crippen molar-refractivity contribution in [3.05, 3.63) is 41.2 Å². The molecule has 206 valence electrons. The van der Waals surface area contributed by atoms with Gasteiger partial charge in [0.15, 0.2) is 0 Å². The van der Waals surface area contributed by atoms with E-state index in [0.29, 0.717) is 29.6 Å². The highest BCUT2D eigenvalue weighted by molar-refractivity contribution is 6.33. The van der Waals surface area contributed by atoms with Crippen LogP contribution in [0.4, 0.5) is 5.82 Å². The van der Waals surface area contributed by atoms with Crippen molar-refractivity contribution in [1.29, 1.82) is 0 Å². The molecule has 1 saturated heterocycles.